The third-order valence-electron chi connectivity index (χ3n) is 3.11. The van der Waals surface area contributed by atoms with E-state index in [0.717, 1.165) is 11.3 Å². The first-order chi connectivity index (χ1) is 9.89. The number of hydrogen-bond acceptors (Lipinski definition) is 4. The SMILES string of the molecule is CC(C)NCc1cc(S(=O)(=O)N(C)Cc2ccsc2)c[nH]1. The summed E-state index contributed by atoms with van der Waals surface area (Å²) < 4.78 is 26.4. The van der Waals surface area contributed by atoms with Crippen LogP contribution in [0.1, 0.15) is 25.1 Å². The van der Waals surface area contributed by atoms with Gasteiger partial charge in [-0.1, -0.05) is 13.8 Å². The van der Waals surface area contributed by atoms with Gasteiger partial charge in [-0.3, -0.25) is 0 Å². The highest BCUT2D eigenvalue weighted by Gasteiger charge is 2.22. The molecule has 0 atom stereocenters. The minimum atomic E-state index is -3.45. The van der Waals surface area contributed by atoms with Gasteiger partial charge in [0.2, 0.25) is 10.0 Å². The van der Waals surface area contributed by atoms with Gasteiger partial charge in [0.1, 0.15) is 0 Å². The zero-order chi connectivity index (χ0) is 15.5. The van der Waals surface area contributed by atoms with Gasteiger partial charge >= 0.3 is 0 Å². The van der Waals surface area contributed by atoms with Crippen LogP contribution in [0.5, 0.6) is 0 Å². The first kappa shape index (κ1) is 16.2. The summed E-state index contributed by atoms with van der Waals surface area (Å²) in [5.41, 5.74) is 1.87. The lowest BCUT2D eigenvalue weighted by Gasteiger charge is -2.15. The number of aromatic nitrogens is 1. The van der Waals surface area contributed by atoms with Gasteiger partial charge in [0.15, 0.2) is 0 Å². The predicted octanol–water partition coefficient (Wildman–Crippen LogP) is 2.39. The maximum absolute atomic E-state index is 12.5. The van der Waals surface area contributed by atoms with Crippen LogP contribution >= 0.6 is 11.3 Å². The van der Waals surface area contributed by atoms with Gasteiger partial charge in [0.25, 0.3) is 0 Å². The summed E-state index contributed by atoms with van der Waals surface area (Å²) in [5.74, 6) is 0. The Morgan fingerprint density at radius 2 is 2.19 bits per heavy atom. The number of hydrogen-bond donors (Lipinski definition) is 2. The van der Waals surface area contributed by atoms with E-state index in [9.17, 15) is 8.42 Å². The first-order valence-electron chi connectivity index (χ1n) is 6.77. The lowest BCUT2D eigenvalue weighted by Crippen LogP contribution is -2.26. The van der Waals surface area contributed by atoms with Crippen LogP contribution in [0.3, 0.4) is 0 Å². The van der Waals surface area contributed by atoms with Crippen LogP contribution in [0.15, 0.2) is 34.0 Å². The van der Waals surface area contributed by atoms with Crippen molar-refractivity contribution >= 4 is 21.4 Å². The maximum atomic E-state index is 12.5. The highest BCUT2D eigenvalue weighted by molar-refractivity contribution is 7.89. The number of rotatable bonds is 7. The summed E-state index contributed by atoms with van der Waals surface area (Å²) >= 11 is 1.57. The summed E-state index contributed by atoms with van der Waals surface area (Å²) in [6.07, 6.45) is 1.55. The second-order valence-corrected chi connectivity index (χ2v) is 8.11. The molecule has 0 aliphatic carbocycles. The second kappa shape index (κ2) is 6.74. The highest BCUT2D eigenvalue weighted by atomic mass is 32.2. The van der Waals surface area contributed by atoms with E-state index in [1.54, 1.807) is 30.6 Å². The Labute approximate surface area is 130 Å². The van der Waals surface area contributed by atoms with Crippen molar-refractivity contribution in [2.45, 2.75) is 37.9 Å². The van der Waals surface area contributed by atoms with Crippen LogP contribution in [0, 0.1) is 0 Å². The molecule has 2 aromatic heterocycles. The number of sulfonamides is 1. The molecule has 2 heterocycles. The highest BCUT2D eigenvalue weighted by Crippen LogP contribution is 2.18. The monoisotopic (exact) mass is 327 g/mol. The van der Waals surface area contributed by atoms with Crippen molar-refractivity contribution in [2.75, 3.05) is 7.05 Å². The number of thiophene rings is 1. The molecule has 0 aromatic carbocycles. The van der Waals surface area contributed by atoms with Gasteiger partial charge in [-0.15, -0.1) is 0 Å². The number of nitrogens with one attached hydrogen (secondary N) is 2. The molecule has 0 radical (unpaired) electrons. The zero-order valence-corrected chi connectivity index (χ0v) is 14.1. The fourth-order valence-electron chi connectivity index (χ4n) is 1.89. The summed E-state index contributed by atoms with van der Waals surface area (Å²) in [5, 5.41) is 7.16. The molecule has 5 nitrogen and oxygen atoms in total. The second-order valence-electron chi connectivity index (χ2n) is 5.29. The lowest BCUT2D eigenvalue weighted by atomic mass is 10.3. The van der Waals surface area contributed by atoms with Gasteiger partial charge in [-0.25, -0.2) is 8.42 Å². The molecule has 0 saturated heterocycles. The van der Waals surface area contributed by atoms with Crippen molar-refractivity contribution in [3.8, 4) is 0 Å². The van der Waals surface area contributed by atoms with Gasteiger partial charge in [0, 0.05) is 38.1 Å². The first-order valence-corrected chi connectivity index (χ1v) is 9.16. The smallest absolute Gasteiger partial charge is 0.244 e. The standard InChI is InChI=1S/C14H21N3O2S2/c1-11(2)15-7-13-6-14(8-16-13)21(18,19)17(3)9-12-4-5-20-10-12/h4-6,8,10-11,15-16H,7,9H2,1-3H3. The van der Waals surface area contributed by atoms with Crippen molar-refractivity contribution in [1.29, 1.82) is 0 Å². The molecule has 0 aliphatic heterocycles. The summed E-state index contributed by atoms with van der Waals surface area (Å²) in [4.78, 5) is 3.32. The van der Waals surface area contributed by atoms with Crippen molar-refractivity contribution in [1.82, 2.24) is 14.6 Å². The van der Waals surface area contributed by atoms with Crippen LogP contribution in [-0.4, -0.2) is 30.8 Å². The van der Waals surface area contributed by atoms with Crippen LogP contribution in [0.25, 0.3) is 0 Å². The van der Waals surface area contributed by atoms with Crippen molar-refractivity contribution in [3.05, 3.63) is 40.3 Å². The molecular weight excluding hydrogens is 306 g/mol. The van der Waals surface area contributed by atoms with Crippen molar-refractivity contribution in [3.63, 3.8) is 0 Å². The zero-order valence-electron chi connectivity index (χ0n) is 12.5. The normalized spacial score (nSPS) is 12.4. The van der Waals surface area contributed by atoms with E-state index < -0.39 is 10.0 Å². The van der Waals surface area contributed by atoms with Gasteiger partial charge in [-0.05, 0) is 28.5 Å². The van der Waals surface area contributed by atoms with Crippen molar-refractivity contribution < 1.29 is 8.42 Å². The largest absolute Gasteiger partial charge is 0.363 e. The molecule has 116 valence electrons. The fraction of sp³-hybridized carbons (Fsp3) is 0.429. The molecule has 2 aromatic rings. The van der Waals surface area contributed by atoms with Crippen LogP contribution in [0.2, 0.25) is 0 Å². The molecule has 2 N–H and O–H groups in total. The minimum Gasteiger partial charge on any atom is -0.363 e. The molecule has 0 bridgehead atoms. The Morgan fingerprint density at radius 1 is 1.43 bits per heavy atom. The summed E-state index contributed by atoms with van der Waals surface area (Å²) in [7, 11) is -1.85. The number of H-pyrrole nitrogens is 1. The summed E-state index contributed by atoms with van der Waals surface area (Å²) in [6.45, 7) is 5.11. The number of aromatic amines is 1. The average Bonchev–Trinajstić information content (AvgIpc) is 3.07. The van der Waals surface area contributed by atoms with Crippen LogP contribution in [0.4, 0.5) is 0 Å². The molecule has 7 heteroatoms. The van der Waals surface area contributed by atoms with Crippen molar-refractivity contribution in [2.24, 2.45) is 0 Å². The third kappa shape index (κ3) is 4.16. The van der Waals surface area contributed by atoms with E-state index >= 15 is 0 Å². The lowest BCUT2D eigenvalue weighted by molar-refractivity contribution is 0.467. The predicted molar refractivity (Wildman–Crippen MR) is 85.7 cm³/mol. The van der Waals surface area contributed by atoms with E-state index in [4.69, 9.17) is 0 Å². The molecular formula is C14H21N3O2S2. The molecule has 0 unspecified atom stereocenters. The molecule has 2 rings (SSSR count). The van der Waals surface area contributed by atoms with E-state index in [1.165, 1.54) is 4.31 Å². The number of nitrogens with zero attached hydrogens (tertiary/aromatic N) is 1. The Balaban J connectivity index is 2.08. The third-order valence-corrected chi connectivity index (χ3v) is 5.62. The Hall–Kier alpha value is -1.15. The molecule has 0 amide bonds. The van der Waals surface area contributed by atoms with E-state index in [1.807, 2.05) is 16.8 Å². The quantitative estimate of drug-likeness (QED) is 0.821. The Kier molecular flexibility index (Phi) is 5.21. The van der Waals surface area contributed by atoms with Gasteiger partial charge < -0.3 is 10.3 Å². The maximum Gasteiger partial charge on any atom is 0.244 e. The van der Waals surface area contributed by atoms with Crippen LogP contribution < -0.4 is 5.32 Å². The molecule has 0 spiro atoms. The molecule has 21 heavy (non-hydrogen) atoms. The average molecular weight is 327 g/mol. The summed E-state index contributed by atoms with van der Waals surface area (Å²) in [6, 6.07) is 3.98. The minimum absolute atomic E-state index is 0.306. The van der Waals surface area contributed by atoms with Gasteiger partial charge in [-0.2, -0.15) is 15.6 Å². The fourth-order valence-corrected chi connectivity index (χ4v) is 3.73. The van der Waals surface area contributed by atoms with Gasteiger partial charge in [0.05, 0.1) is 4.90 Å². The topological polar surface area (TPSA) is 65.2 Å². The van der Waals surface area contributed by atoms with E-state index in [-0.39, 0.29) is 0 Å². The molecule has 0 fully saturated rings. The Bertz CT molecular complexity index is 660. The Morgan fingerprint density at radius 3 is 2.81 bits per heavy atom. The van der Waals surface area contributed by atoms with E-state index in [2.05, 4.69) is 24.1 Å². The van der Waals surface area contributed by atoms with E-state index in [0.29, 0.717) is 24.0 Å². The molecule has 0 aliphatic rings. The van der Waals surface area contributed by atoms with Crippen LogP contribution in [-0.2, 0) is 23.1 Å². The molecule has 0 saturated carbocycles.